The van der Waals surface area contributed by atoms with Crippen LogP contribution in [0.1, 0.15) is 24.2 Å². The van der Waals surface area contributed by atoms with Crippen LogP contribution in [-0.4, -0.2) is 17.2 Å². The molecule has 0 N–H and O–H groups in total. The second-order valence-corrected chi connectivity index (χ2v) is 5.17. The van der Waals surface area contributed by atoms with Gasteiger partial charge in [-0.15, -0.1) is 0 Å². The van der Waals surface area contributed by atoms with Crippen LogP contribution in [0, 0.1) is 0 Å². The van der Waals surface area contributed by atoms with Crippen molar-refractivity contribution in [3.05, 3.63) is 58.2 Å². The first-order valence-electron chi connectivity index (χ1n) is 6.24. The minimum atomic E-state index is 0.745. The first kappa shape index (κ1) is 12.4. The molecule has 0 saturated heterocycles. The molecule has 2 aromatic rings. The van der Waals surface area contributed by atoms with Gasteiger partial charge in [0.15, 0.2) is 4.67 Å². The highest BCUT2D eigenvalue weighted by atomic mass is 79.9. The monoisotopic (exact) mass is 316 g/mol. The Hall–Kier alpha value is -1.68. The Labute approximate surface area is 120 Å². The standard InChI is InChI=1S/C15H13BrN2O/c16-14-6-5-13(19-14)9-11-3-2-8-18-15(11)12-4-1-7-17-10-12/h1,4-7,9-10H,2-3,8H2. The highest BCUT2D eigenvalue weighted by Gasteiger charge is 2.14. The van der Waals surface area contributed by atoms with E-state index in [0.29, 0.717) is 0 Å². The van der Waals surface area contributed by atoms with E-state index in [1.807, 2.05) is 30.5 Å². The van der Waals surface area contributed by atoms with Crippen LogP contribution in [0.25, 0.3) is 6.08 Å². The number of halogens is 1. The van der Waals surface area contributed by atoms with Crippen molar-refractivity contribution in [2.45, 2.75) is 12.8 Å². The first-order chi connectivity index (χ1) is 9.33. The molecule has 0 spiro atoms. The molecule has 0 atom stereocenters. The third-order valence-electron chi connectivity index (χ3n) is 3.02. The van der Waals surface area contributed by atoms with Crippen molar-refractivity contribution < 1.29 is 4.42 Å². The fraction of sp³-hybridized carbons (Fsp3) is 0.200. The van der Waals surface area contributed by atoms with E-state index in [0.717, 1.165) is 41.1 Å². The summed E-state index contributed by atoms with van der Waals surface area (Å²) >= 11 is 3.32. The summed E-state index contributed by atoms with van der Waals surface area (Å²) in [5, 5.41) is 0. The van der Waals surface area contributed by atoms with Crippen LogP contribution in [0.2, 0.25) is 0 Å². The SMILES string of the molecule is Brc1ccc(C=C2CCCN=C2c2cccnc2)o1. The molecular weight excluding hydrogens is 304 g/mol. The summed E-state index contributed by atoms with van der Waals surface area (Å²) < 4.78 is 6.29. The smallest absolute Gasteiger partial charge is 0.169 e. The molecular formula is C15H13BrN2O. The normalized spacial score (nSPS) is 17.5. The molecule has 3 rings (SSSR count). The first-order valence-corrected chi connectivity index (χ1v) is 7.03. The van der Waals surface area contributed by atoms with E-state index in [-0.39, 0.29) is 0 Å². The summed E-state index contributed by atoms with van der Waals surface area (Å²) in [6.45, 7) is 0.878. The van der Waals surface area contributed by atoms with Crippen molar-refractivity contribution >= 4 is 27.7 Å². The topological polar surface area (TPSA) is 38.4 Å². The van der Waals surface area contributed by atoms with E-state index in [1.54, 1.807) is 6.20 Å². The van der Waals surface area contributed by atoms with E-state index in [2.05, 4.69) is 32.0 Å². The third kappa shape index (κ3) is 2.84. The fourth-order valence-electron chi connectivity index (χ4n) is 2.18. The molecule has 4 heteroatoms. The van der Waals surface area contributed by atoms with Crippen LogP contribution in [0.5, 0.6) is 0 Å². The number of aromatic nitrogens is 1. The number of pyridine rings is 1. The predicted octanol–water partition coefficient (Wildman–Crippen LogP) is 4.10. The third-order valence-corrected chi connectivity index (χ3v) is 3.45. The van der Waals surface area contributed by atoms with E-state index >= 15 is 0 Å². The van der Waals surface area contributed by atoms with Gasteiger partial charge < -0.3 is 4.42 Å². The maximum atomic E-state index is 5.54. The molecule has 0 fully saturated rings. The Balaban J connectivity index is 1.98. The van der Waals surface area contributed by atoms with Crippen LogP contribution in [0.15, 0.2) is 56.3 Å². The lowest BCUT2D eigenvalue weighted by Crippen LogP contribution is -2.11. The summed E-state index contributed by atoms with van der Waals surface area (Å²) in [4.78, 5) is 8.81. The number of nitrogens with zero attached hydrogens (tertiary/aromatic N) is 2. The van der Waals surface area contributed by atoms with Gasteiger partial charge in [-0.2, -0.15) is 0 Å². The molecule has 1 aliphatic rings. The largest absolute Gasteiger partial charge is 0.450 e. The molecule has 3 nitrogen and oxygen atoms in total. The van der Waals surface area contributed by atoms with Gasteiger partial charge in [0.25, 0.3) is 0 Å². The van der Waals surface area contributed by atoms with Gasteiger partial charge in [-0.25, -0.2) is 0 Å². The van der Waals surface area contributed by atoms with E-state index in [1.165, 1.54) is 5.57 Å². The summed E-state index contributed by atoms with van der Waals surface area (Å²) in [7, 11) is 0. The molecule has 0 radical (unpaired) electrons. The molecule has 19 heavy (non-hydrogen) atoms. The second kappa shape index (κ2) is 5.53. The number of hydrogen-bond acceptors (Lipinski definition) is 3. The van der Waals surface area contributed by atoms with Crippen LogP contribution in [0.4, 0.5) is 0 Å². The zero-order valence-corrected chi connectivity index (χ0v) is 11.9. The summed E-state index contributed by atoms with van der Waals surface area (Å²) in [6, 6.07) is 7.83. The van der Waals surface area contributed by atoms with Crippen LogP contribution in [-0.2, 0) is 0 Å². The zero-order chi connectivity index (χ0) is 13.1. The molecule has 0 bridgehead atoms. The average Bonchev–Trinajstić information content (AvgIpc) is 2.86. The Morgan fingerprint density at radius 2 is 2.21 bits per heavy atom. The highest BCUT2D eigenvalue weighted by molar-refractivity contribution is 9.10. The van der Waals surface area contributed by atoms with Gasteiger partial charge in [0.2, 0.25) is 0 Å². The molecule has 0 saturated carbocycles. The molecule has 0 amide bonds. The van der Waals surface area contributed by atoms with Crippen molar-refractivity contribution in [2.75, 3.05) is 6.54 Å². The maximum Gasteiger partial charge on any atom is 0.169 e. The predicted molar refractivity (Wildman–Crippen MR) is 79.3 cm³/mol. The number of furan rings is 1. The maximum absolute atomic E-state index is 5.54. The van der Waals surface area contributed by atoms with E-state index in [4.69, 9.17) is 4.42 Å². The van der Waals surface area contributed by atoms with E-state index in [9.17, 15) is 0 Å². The van der Waals surface area contributed by atoms with Gasteiger partial charge in [-0.1, -0.05) is 0 Å². The highest BCUT2D eigenvalue weighted by Crippen LogP contribution is 2.23. The van der Waals surface area contributed by atoms with Crippen molar-refractivity contribution in [1.82, 2.24) is 4.98 Å². The quantitative estimate of drug-likeness (QED) is 0.836. The van der Waals surface area contributed by atoms with Crippen LogP contribution >= 0.6 is 15.9 Å². The molecule has 96 valence electrons. The number of aliphatic imine (C=N–C) groups is 1. The summed E-state index contributed by atoms with van der Waals surface area (Å²) in [5.41, 5.74) is 3.31. The number of rotatable bonds is 2. The minimum Gasteiger partial charge on any atom is -0.450 e. The molecule has 3 heterocycles. The van der Waals surface area contributed by atoms with Crippen molar-refractivity contribution in [2.24, 2.45) is 4.99 Å². The van der Waals surface area contributed by atoms with Crippen LogP contribution < -0.4 is 0 Å². The van der Waals surface area contributed by atoms with Crippen LogP contribution in [0.3, 0.4) is 0 Å². The second-order valence-electron chi connectivity index (χ2n) is 4.39. The Kier molecular flexibility index (Phi) is 3.60. The van der Waals surface area contributed by atoms with Gasteiger partial charge in [-0.05, 0) is 64.7 Å². The zero-order valence-electron chi connectivity index (χ0n) is 10.3. The van der Waals surface area contributed by atoms with Gasteiger partial charge in [0.05, 0.1) is 5.71 Å². The van der Waals surface area contributed by atoms with Gasteiger partial charge in [0.1, 0.15) is 5.76 Å². The molecule has 0 aliphatic carbocycles. The van der Waals surface area contributed by atoms with Crippen molar-refractivity contribution in [1.29, 1.82) is 0 Å². The van der Waals surface area contributed by atoms with Gasteiger partial charge in [0, 0.05) is 24.5 Å². The molecule has 0 aromatic carbocycles. The summed E-state index contributed by atoms with van der Waals surface area (Å²) in [5.74, 6) is 0.848. The average molecular weight is 317 g/mol. The Morgan fingerprint density at radius 1 is 1.26 bits per heavy atom. The fourth-order valence-corrected chi connectivity index (χ4v) is 2.50. The molecule has 0 unspecified atom stereocenters. The number of hydrogen-bond donors (Lipinski definition) is 0. The summed E-state index contributed by atoms with van der Waals surface area (Å²) in [6.07, 6.45) is 7.80. The Morgan fingerprint density at radius 3 is 2.95 bits per heavy atom. The van der Waals surface area contributed by atoms with Gasteiger partial charge in [-0.3, -0.25) is 9.98 Å². The number of allylic oxidation sites excluding steroid dienone is 1. The molecule has 1 aliphatic heterocycles. The lowest BCUT2D eigenvalue weighted by molar-refractivity contribution is 0.531. The minimum absolute atomic E-state index is 0.745. The lowest BCUT2D eigenvalue weighted by atomic mass is 9.96. The molecule has 2 aromatic heterocycles. The lowest BCUT2D eigenvalue weighted by Gasteiger charge is -2.15. The van der Waals surface area contributed by atoms with Gasteiger partial charge >= 0.3 is 0 Å². The van der Waals surface area contributed by atoms with Crippen molar-refractivity contribution in [3.63, 3.8) is 0 Å². The van der Waals surface area contributed by atoms with E-state index < -0.39 is 0 Å². The Bertz CT molecular complexity index is 629. The van der Waals surface area contributed by atoms with Crippen molar-refractivity contribution in [3.8, 4) is 0 Å².